The van der Waals surface area contributed by atoms with Crippen molar-refractivity contribution in [3.8, 4) is 34.3 Å². The summed E-state index contributed by atoms with van der Waals surface area (Å²) in [5.41, 5.74) is -0.655. The molecule has 158 valence electrons. The van der Waals surface area contributed by atoms with E-state index in [1.54, 1.807) is 0 Å². The van der Waals surface area contributed by atoms with Crippen LogP contribution in [0.15, 0.2) is 45.6 Å². The van der Waals surface area contributed by atoms with Gasteiger partial charge in [-0.15, -0.1) is 0 Å². The summed E-state index contributed by atoms with van der Waals surface area (Å²) in [4.78, 5) is 13.1. The number of benzene rings is 2. The van der Waals surface area contributed by atoms with E-state index in [1.807, 2.05) is 0 Å². The summed E-state index contributed by atoms with van der Waals surface area (Å²) in [7, 11) is 0. The molecule has 0 amide bonds. The molecule has 0 radical (unpaired) electrons. The van der Waals surface area contributed by atoms with Crippen LogP contribution >= 0.6 is 0 Å². The summed E-state index contributed by atoms with van der Waals surface area (Å²) in [5, 5.41) is 58.7. The first kappa shape index (κ1) is 20.0. The molecule has 2 heterocycles. The molecule has 4 rings (SSSR count). The van der Waals surface area contributed by atoms with Crippen molar-refractivity contribution in [2.45, 2.75) is 24.6 Å². The van der Waals surface area contributed by atoms with Crippen molar-refractivity contribution in [1.82, 2.24) is 0 Å². The van der Waals surface area contributed by atoms with Crippen LogP contribution in [0.2, 0.25) is 0 Å². The van der Waals surface area contributed by atoms with E-state index >= 15 is 0 Å². The summed E-state index contributed by atoms with van der Waals surface area (Å²) in [6.07, 6.45) is -6.10. The molecular formula is C20H18O10. The van der Waals surface area contributed by atoms with E-state index in [2.05, 4.69) is 0 Å². The summed E-state index contributed by atoms with van der Waals surface area (Å²) >= 11 is 0. The minimum Gasteiger partial charge on any atom is -0.508 e. The zero-order chi connectivity index (χ0) is 21.6. The average Bonchev–Trinajstić information content (AvgIpc) is 2.70. The number of rotatable bonds is 3. The molecule has 0 unspecified atom stereocenters. The average molecular weight is 418 g/mol. The first-order valence-electron chi connectivity index (χ1n) is 8.91. The van der Waals surface area contributed by atoms with Crippen LogP contribution in [-0.2, 0) is 4.74 Å². The van der Waals surface area contributed by atoms with Crippen molar-refractivity contribution < 1.29 is 44.5 Å². The summed E-state index contributed by atoms with van der Waals surface area (Å²) < 4.78 is 16.4. The maximum Gasteiger partial charge on any atom is 0.239 e. The Labute approximate surface area is 168 Å². The second-order valence-corrected chi connectivity index (χ2v) is 6.84. The number of fused-ring (bicyclic) bond motifs is 1. The van der Waals surface area contributed by atoms with Gasteiger partial charge in [0.2, 0.25) is 17.5 Å². The Bertz CT molecular complexity index is 1140. The smallest absolute Gasteiger partial charge is 0.239 e. The van der Waals surface area contributed by atoms with Crippen LogP contribution in [0.25, 0.3) is 22.3 Å². The summed E-state index contributed by atoms with van der Waals surface area (Å²) in [6.45, 7) is -0.352. The van der Waals surface area contributed by atoms with Gasteiger partial charge in [-0.1, -0.05) is 0 Å². The van der Waals surface area contributed by atoms with Crippen LogP contribution in [-0.4, -0.2) is 61.8 Å². The molecule has 30 heavy (non-hydrogen) atoms. The molecular weight excluding hydrogens is 400 g/mol. The molecule has 4 atom stereocenters. The number of ether oxygens (including phenoxy) is 2. The first-order chi connectivity index (χ1) is 14.3. The number of aliphatic hydroxyl groups excluding tert-OH is 3. The highest BCUT2D eigenvalue weighted by atomic mass is 16.7. The number of aromatic hydroxyl groups is 3. The van der Waals surface area contributed by atoms with Crippen LogP contribution in [0.5, 0.6) is 23.0 Å². The number of hydrogen-bond donors (Lipinski definition) is 6. The normalized spacial score (nSPS) is 24.1. The Morgan fingerprint density at radius 3 is 2.33 bits per heavy atom. The Kier molecular flexibility index (Phi) is 5.00. The Hall–Kier alpha value is -3.31. The molecule has 1 aliphatic heterocycles. The third-order valence-corrected chi connectivity index (χ3v) is 4.74. The van der Waals surface area contributed by atoms with Gasteiger partial charge in [-0.25, -0.2) is 0 Å². The van der Waals surface area contributed by atoms with E-state index in [0.717, 1.165) is 12.1 Å². The van der Waals surface area contributed by atoms with Gasteiger partial charge in [-0.2, -0.15) is 0 Å². The topological polar surface area (TPSA) is 170 Å². The lowest BCUT2D eigenvalue weighted by Gasteiger charge is -2.34. The standard InChI is InChI=1S/C20H18O10/c21-9-3-1-8(2-4-9)18-19(30-20-17(27)15(25)12(24)7-28-20)16(26)14-11(23)5-10(22)6-13(14)29-18/h1-6,12,15,17,20-25,27H,7H2/t12-,15+,17-,20+/m1/s1. The van der Waals surface area contributed by atoms with Crippen LogP contribution in [0, 0.1) is 0 Å². The number of aliphatic hydroxyl groups is 3. The van der Waals surface area contributed by atoms with Crippen LogP contribution in [0.1, 0.15) is 0 Å². The van der Waals surface area contributed by atoms with E-state index in [0.29, 0.717) is 5.56 Å². The molecule has 6 N–H and O–H groups in total. The minimum absolute atomic E-state index is 0.0391. The van der Waals surface area contributed by atoms with Gasteiger partial charge in [0.15, 0.2) is 5.76 Å². The molecule has 1 aromatic heterocycles. The number of phenolic OH excluding ortho intramolecular Hbond substituents is 3. The third kappa shape index (κ3) is 3.42. The highest BCUT2D eigenvalue weighted by Crippen LogP contribution is 2.37. The van der Waals surface area contributed by atoms with Gasteiger partial charge < -0.3 is 44.5 Å². The summed E-state index contributed by atoms with van der Waals surface area (Å²) in [5.74, 6) is -1.50. The Morgan fingerprint density at radius 1 is 0.933 bits per heavy atom. The molecule has 3 aromatic rings. The fraction of sp³-hybridized carbons (Fsp3) is 0.250. The van der Waals surface area contributed by atoms with Crippen LogP contribution in [0.3, 0.4) is 0 Å². The lowest BCUT2D eigenvalue weighted by atomic mass is 10.1. The van der Waals surface area contributed by atoms with Crippen LogP contribution < -0.4 is 10.2 Å². The van der Waals surface area contributed by atoms with Gasteiger partial charge >= 0.3 is 0 Å². The molecule has 0 spiro atoms. The summed E-state index contributed by atoms with van der Waals surface area (Å²) in [6, 6.07) is 7.65. The number of hydrogen-bond acceptors (Lipinski definition) is 10. The molecule has 1 aliphatic rings. The molecule has 0 aliphatic carbocycles. The molecule has 0 bridgehead atoms. The highest BCUT2D eigenvalue weighted by molar-refractivity contribution is 5.88. The fourth-order valence-electron chi connectivity index (χ4n) is 3.18. The van der Waals surface area contributed by atoms with Crippen molar-refractivity contribution >= 4 is 11.0 Å². The second kappa shape index (κ2) is 7.50. The van der Waals surface area contributed by atoms with Gasteiger partial charge in [0.05, 0.1) is 6.61 Å². The second-order valence-electron chi connectivity index (χ2n) is 6.84. The highest BCUT2D eigenvalue weighted by Gasteiger charge is 2.40. The monoisotopic (exact) mass is 418 g/mol. The van der Waals surface area contributed by atoms with E-state index in [1.165, 1.54) is 24.3 Å². The fourth-order valence-corrected chi connectivity index (χ4v) is 3.18. The molecule has 0 saturated carbocycles. The van der Waals surface area contributed by atoms with Crippen molar-refractivity contribution in [1.29, 1.82) is 0 Å². The van der Waals surface area contributed by atoms with E-state index in [9.17, 15) is 35.4 Å². The quantitative estimate of drug-likeness (QED) is 0.350. The number of phenols is 3. The zero-order valence-corrected chi connectivity index (χ0v) is 15.3. The van der Waals surface area contributed by atoms with E-state index < -0.39 is 41.5 Å². The Morgan fingerprint density at radius 2 is 1.63 bits per heavy atom. The third-order valence-electron chi connectivity index (χ3n) is 4.74. The lowest BCUT2D eigenvalue weighted by molar-refractivity contribution is -0.242. The molecule has 1 fully saturated rings. The van der Waals surface area contributed by atoms with E-state index in [-0.39, 0.29) is 34.8 Å². The van der Waals surface area contributed by atoms with E-state index in [4.69, 9.17) is 13.9 Å². The van der Waals surface area contributed by atoms with Crippen molar-refractivity contribution in [2.75, 3.05) is 6.61 Å². The lowest BCUT2D eigenvalue weighted by Crippen LogP contribution is -2.55. The van der Waals surface area contributed by atoms with Gasteiger partial charge in [-0.05, 0) is 24.3 Å². The molecule has 10 heteroatoms. The van der Waals surface area contributed by atoms with Gasteiger partial charge in [-0.3, -0.25) is 4.79 Å². The van der Waals surface area contributed by atoms with Gasteiger partial charge in [0, 0.05) is 17.7 Å². The Balaban J connectivity index is 1.90. The van der Waals surface area contributed by atoms with Gasteiger partial charge in [0.25, 0.3) is 0 Å². The zero-order valence-electron chi connectivity index (χ0n) is 15.3. The molecule has 1 saturated heterocycles. The largest absolute Gasteiger partial charge is 0.508 e. The maximum absolute atomic E-state index is 13.1. The van der Waals surface area contributed by atoms with Gasteiger partial charge in [0.1, 0.15) is 46.5 Å². The van der Waals surface area contributed by atoms with Crippen molar-refractivity contribution in [3.05, 3.63) is 46.6 Å². The van der Waals surface area contributed by atoms with Crippen molar-refractivity contribution in [3.63, 3.8) is 0 Å². The molecule has 10 nitrogen and oxygen atoms in total. The predicted molar refractivity (Wildman–Crippen MR) is 101 cm³/mol. The first-order valence-corrected chi connectivity index (χ1v) is 8.91. The minimum atomic E-state index is -1.68. The molecule has 2 aromatic carbocycles. The maximum atomic E-state index is 13.1. The SMILES string of the molecule is O=c1c(O[C@@H]2OC[C@@H](O)[C@H](O)[C@H]2O)c(-c2ccc(O)cc2)oc2cc(O)cc(O)c12. The van der Waals surface area contributed by atoms with Crippen LogP contribution in [0.4, 0.5) is 0 Å². The van der Waals surface area contributed by atoms with Crippen molar-refractivity contribution in [2.24, 2.45) is 0 Å². The predicted octanol–water partition coefficient (Wildman–Crippen LogP) is 0.395.